The van der Waals surface area contributed by atoms with E-state index in [4.69, 9.17) is 0 Å². The second-order valence-corrected chi connectivity index (χ2v) is 5.06. The van der Waals surface area contributed by atoms with Crippen molar-refractivity contribution in [3.05, 3.63) is 0 Å². The third-order valence-corrected chi connectivity index (χ3v) is 3.38. The molecule has 0 aliphatic carbocycles. The zero-order valence-corrected chi connectivity index (χ0v) is 12.1. The van der Waals surface area contributed by atoms with Crippen LogP contribution in [0.15, 0.2) is 0 Å². The highest BCUT2D eigenvalue weighted by atomic mass is 15.2. The molecule has 0 saturated carbocycles. The SMILES string of the molecule is CCN(CCCN(C)C)C(C)C(C)CNC. The van der Waals surface area contributed by atoms with Gasteiger partial charge >= 0.3 is 0 Å². The van der Waals surface area contributed by atoms with Crippen LogP contribution in [0.4, 0.5) is 0 Å². The molecule has 0 radical (unpaired) electrons. The summed E-state index contributed by atoms with van der Waals surface area (Å²) in [6, 6.07) is 0.666. The molecule has 0 aromatic carbocycles. The maximum Gasteiger partial charge on any atom is 0.0105 e. The van der Waals surface area contributed by atoms with Gasteiger partial charge in [0.2, 0.25) is 0 Å². The summed E-state index contributed by atoms with van der Waals surface area (Å²) in [5, 5.41) is 3.27. The molecule has 0 rings (SSSR count). The fourth-order valence-electron chi connectivity index (χ4n) is 2.09. The van der Waals surface area contributed by atoms with Crippen LogP contribution in [0.1, 0.15) is 27.2 Å². The van der Waals surface area contributed by atoms with E-state index in [9.17, 15) is 0 Å². The second kappa shape index (κ2) is 8.97. The summed E-state index contributed by atoms with van der Waals surface area (Å²) in [5.74, 6) is 0.712. The molecule has 0 heterocycles. The molecular weight excluding hydrogens is 198 g/mol. The summed E-state index contributed by atoms with van der Waals surface area (Å²) < 4.78 is 0. The van der Waals surface area contributed by atoms with Crippen molar-refractivity contribution in [2.45, 2.75) is 33.2 Å². The van der Waals surface area contributed by atoms with Gasteiger partial charge in [0.05, 0.1) is 0 Å². The summed E-state index contributed by atoms with van der Waals surface area (Å²) in [6.07, 6.45) is 1.26. The first kappa shape index (κ1) is 15.9. The first-order chi connectivity index (χ1) is 7.52. The molecule has 0 aliphatic rings. The predicted molar refractivity (Wildman–Crippen MR) is 73.0 cm³/mol. The Kier molecular flexibility index (Phi) is 8.90. The molecule has 3 heteroatoms. The Morgan fingerprint density at radius 3 is 2.19 bits per heavy atom. The lowest BCUT2D eigenvalue weighted by molar-refractivity contribution is 0.162. The average molecular weight is 229 g/mol. The van der Waals surface area contributed by atoms with Crippen LogP contribution < -0.4 is 5.32 Å². The molecule has 0 aromatic rings. The van der Waals surface area contributed by atoms with Crippen LogP contribution in [0.25, 0.3) is 0 Å². The van der Waals surface area contributed by atoms with Crippen molar-refractivity contribution in [1.82, 2.24) is 15.1 Å². The van der Waals surface area contributed by atoms with Gasteiger partial charge in [-0.1, -0.05) is 13.8 Å². The molecule has 98 valence electrons. The van der Waals surface area contributed by atoms with Crippen molar-refractivity contribution in [3.8, 4) is 0 Å². The smallest absolute Gasteiger partial charge is 0.0105 e. The number of nitrogens with zero attached hydrogens (tertiary/aromatic N) is 2. The largest absolute Gasteiger partial charge is 0.319 e. The Hall–Kier alpha value is -0.120. The normalized spacial score (nSPS) is 15.8. The third kappa shape index (κ3) is 6.46. The van der Waals surface area contributed by atoms with E-state index in [-0.39, 0.29) is 0 Å². The van der Waals surface area contributed by atoms with Crippen LogP contribution in [0.5, 0.6) is 0 Å². The van der Waals surface area contributed by atoms with E-state index in [0.29, 0.717) is 12.0 Å². The van der Waals surface area contributed by atoms with E-state index >= 15 is 0 Å². The zero-order chi connectivity index (χ0) is 12.6. The van der Waals surface area contributed by atoms with E-state index in [0.717, 1.165) is 13.1 Å². The molecule has 0 amide bonds. The topological polar surface area (TPSA) is 18.5 Å². The molecule has 0 aromatic heterocycles. The highest BCUT2D eigenvalue weighted by molar-refractivity contribution is 4.73. The van der Waals surface area contributed by atoms with Crippen LogP contribution in [0.2, 0.25) is 0 Å². The van der Waals surface area contributed by atoms with Gasteiger partial charge in [0.15, 0.2) is 0 Å². The van der Waals surface area contributed by atoms with Crippen molar-refractivity contribution in [2.75, 3.05) is 47.3 Å². The fraction of sp³-hybridized carbons (Fsp3) is 1.00. The molecule has 16 heavy (non-hydrogen) atoms. The van der Waals surface area contributed by atoms with Gasteiger partial charge < -0.3 is 15.1 Å². The second-order valence-electron chi connectivity index (χ2n) is 5.06. The van der Waals surface area contributed by atoms with E-state index in [1.165, 1.54) is 19.5 Å². The minimum Gasteiger partial charge on any atom is -0.319 e. The molecule has 0 saturated heterocycles. The van der Waals surface area contributed by atoms with Gasteiger partial charge in [0.25, 0.3) is 0 Å². The summed E-state index contributed by atoms with van der Waals surface area (Å²) >= 11 is 0. The Morgan fingerprint density at radius 2 is 1.75 bits per heavy atom. The summed E-state index contributed by atoms with van der Waals surface area (Å²) in [4.78, 5) is 4.85. The Bertz CT molecular complexity index is 159. The number of nitrogens with one attached hydrogen (secondary N) is 1. The summed E-state index contributed by atoms with van der Waals surface area (Å²) in [7, 11) is 6.32. The lowest BCUT2D eigenvalue weighted by atomic mass is 10.0. The molecule has 3 nitrogen and oxygen atoms in total. The van der Waals surface area contributed by atoms with Crippen molar-refractivity contribution in [1.29, 1.82) is 0 Å². The minimum atomic E-state index is 0.666. The molecule has 2 atom stereocenters. The van der Waals surface area contributed by atoms with Crippen LogP contribution in [0.3, 0.4) is 0 Å². The van der Waals surface area contributed by atoms with E-state index in [1.54, 1.807) is 0 Å². The highest BCUT2D eigenvalue weighted by Crippen LogP contribution is 2.10. The van der Waals surface area contributed by atoms with Crippen LogP contribution in [-0.2, 0) is 0 Å². The quantitative estimate of drug-likeness (QED) is 0.646. The van der Waals surface area contributed by atoms with Gasteiger partial charge in [-0.25, -0.2) is 0 Å². The molecule has 0 fully saturated rings. The van der Waals surface area contributed by atoms with Gasteiger partial charge in [-0.2, -0.15) is 0 Å². The maximum absolute atomic E-state index is 3.27. The average Bonchev–Trinajstić information content (AvgIpc) is 2.23. The lowest BCUT2D eigenvalue weighted by Gasteiger charge is -2.32. The van der Waals surface area contributed by atoms with Gasteiger partial charge in [0, 0.05) is 6.04 Å². The fourth-order valence-corrected chi connectivity index (χ4v) is 2.09. The Labute approximate surface area is 102 Å². The minimum absolute atomic E-state index is 0.666. The van der Waals surface area contributed by atoms with Gasteiger partial charge in [-0.05, 0) is 66.6 Å². The molecule has 0 bridgehead atoms. The summed E-state index contributed by atoms with van der Waals surface area (Å²) in [6.45, 7) is 11.6. The zero-order valence-electron chi connectivity index (χ0n) is 12.1. The third-order valence-electron chi connectivity index (χ3n) is 3.38. The number of hydrogen-bond acceptors (Lipinski definition) is 3. The molecule has 0 spiro atoms. The molecule has 0 aliphatic heterocycles. The van der Waals surface area contributed by atoms with Crippen LogP contribution in [-0.4, -0.2) is 63.2 Å². The lowest BCUT2D eigenvalue weighted by Crippen LogP contribution is -2.41. The van der Waals surface area contributed by atoms with Crippen molar-refractivity contribution in [3.63, 3.8) is 0 Å². The highest BCUT2D eigenvalue weighted by Gasteiger charge is 2.17. The van der Waals surface area contributed by atoms with Crippen molar-refractivity contribution >= 4 is 0 Å². The Morgan fingerprint density at radius 1 is 1.12 bits per heavy atom. The summed E-state index contributed by atoms with van der Waals surface area (Å²) in [5.41, 5.74) is 0. The van der Waals surface area contributed by atoms with Crippen molar-refractivity contribution < 1.29 is 0 Å². The molecule has 1 N–H and O–H groups in total. The predicted octanol–water partition coefficient (Wildman–Crippen LogP) is 1.50. The molecule has 2 unspecified atom stereocenters. The van der Waals surface area contributed by atoms with E-state index < -0.39 is 0 Å². The van der Waals surface area contributed by atoms with E-state index in [2.05, 4.69) is 50.0 Å². The van der Waals surface area contributed by atoms with Gasteiger partial charge in [-0.15, -0.1) is 0 Å². The standard InChI is InChI=1S/C13H31N3/c1-7-16(10-8-9-15(5)6)13(3)12(2)11-14-4/h12-14H,7-11H2,1-6H3. The van der Waals surface area contributed by atoms with Gasteiger partial charge in [0.1, 0.15) is 0 Å². The Balaban J connectivity index is 3.95. The first-order valence-electron chi connectivity index (χ1n) is 6.56. The monoisotopic (exact) mass is 229 g/mol. The van der Waals surface area contributed by atoms with Gasteiger partial charge in [-0.3, -0.25) is 0 Å². The number of rotatable bonds is 9. The first-order valence-corrected chi connectivity index (χ1v) is 6.56. The molecular formula is C13H31N3. The van der Waals surface area contributed by atoms with Crippen LogP contribution >= 0.6 is 0 Å². The van der Waals surface area contributed by atoms with Crippen LogP contribution in [0, 0.1) is 5.92 Å². The number of hydrogen-bond donors (Lipinski definition) is 1. The van der Waals surface area contributed by atoms with E-state index in [1.807, 2.05) is 7.05 Å². The maximum atomic E-state index is 3.27. The van der Waals surface area contributed by atoms with Crippen molar-refractivity contribution in [2.24, 2.45) is 5.92 Å².